The summed E-state index contributed by atoms with van der Waals surface area (Å²) < 4.78 is 15.4. The smallest absolute Gasteiger partial charge is 0.268 e. The van der Waals surface area contributed by atoms with Gasteiger partial charge in [0.05, 0.1) is 16.3 Å². The number of hydrogen-bond acceptors (Lipinski definition) is 5. The van der Waals surface area contributed by atoms with Crippen LogP contribution >= 0.6 is 23.1 Å². The van der Waals surface area contributed by atoms with Gasteiger partial charge in [-0.2, -0.15) is 0 Å². The van der Waals surface area contributed by atoms with Crippen LogP contribution in [0.3, 0.4) is 0 Å². The minimum Gasteiger partial charge on any atom is -0.355 e. The summed E-state index contributed by atoms with van der Waals surface area (Å²) in [6, 6.07) is 27.1. The Hall–Kier alpha value is -3.42. The zero-order valence-corrected chi connectivity index (χ0v) is 22.7. The maximum atomic E-state index is 14.3. The maximum Gasteiger partial charge on any atom is 0.268 e. The number of halogens is 1. The van der Waals surface area contributed by atoms with Crippen LogP contribution in [0.2, 0.25) is 0 Å². The summed E-state index contributed by atoms with van der Waals surface area (Å²) in [6.07, 6.45) is 2.75. The van der Waals surface area contributed by atoms with E-state index in [9.17, 15) is 9.18 Å². The third-order valence-corrected chi connectivity index (χ3v) is 9.84. The molecule has 0 bridgehead atoms. The zero-order valence-electron chi connectivity index (χ0n) is 21.1. The molecule has 1 N–H and O–H groups in total. The second-order valence-corrected chi connectivity index (χ2v) is 11.8. The van der Waals surface area contributed by atoms with Crippen molar-refractivity contribution in [3.63, 3.8) is 0 Å². The lowest BCUT2D eigenvalue weighted by Gasteiger charge is -2.30. The molecule has 4 nitrogen and oxygen atoms in total. The molecule has 2 atom stereocenters. The van der Waals surface area contributed by atoms with Crippen molar-refractivity contribution in [2.45, 2.75) is 36.7 Å². The quantitative estimate of drug-likeness (QED) is 0.213. The topological polar surface area (TPSA) is 46.9 Å². The van der Waals surface area contributed by atoms with E-state index in [0.717, 1.165) is 29.7 Å². The highest BCUT2D eigenvalue weighted by Gasteiger charge is 2.34. The highest BCUT2D eigenvalue weighted by molar-refractivity contribution is 8.00. The fourth-order valence-electron chi connectivity index (χ4n) is 5.04. The van der Waals surface area contributed by atoms with Crippen molar-refractivity contribution in [2.24, 2.45) is 0 Å². The van der Waals surface area contributed by atoms with E-state index in [1.807, 2.05) is 23.9 Å². The van der Waals surface area contributed by atoms with Gasteiger partial charge in [-0.25, -0.2) is 13.9 Å². The van der Waals surface area contributed by atoms with Gasteiger partial charge < -0.3 is 5.32 Å². The maximum absolute atomic E-state index is 14.3. The Morgan fingerprint density at radius 3 is 2.34 bits per heavy atom. The summed E-state index contributed by atoms with van der Waals surface area (Å²) in [5, 5.41) is 4.38. The molecule has 0 spiro atoms. The molecule has 0 unspecified atom stereocenters. The van der Waals surface area contributed by atoms with E-state index < -0.39 is 0 Å². The normalized spacial score (nSPS) is 16.9. The van der Waals surface area contributed by atoms with Crippen molar-refractivity contribution in [3.05, 3.63) is 123 Å². The minimum absolute atomic E-state index is 0.108. The van der Waals surface area contributed by atoms with E-state index in [1.165, 1.54) is 28.1 Å². The predicted molar refractivity (Wildman–Crippen MR) is 157 cm³/mol. The fourth-order valence-corrected chi connectivity index (χ4v) is 8.05. The van der Waals surface area contributed by atoms with Gasteiger partial charge in [-0.05, 0) is 53.8 Å². The number of nitrogens with one attached hydrogen (secondary N) is 1. The molecule has 0 saturated carbocycles. The van der Waals surface area contributed by atoms with Crippen molar-refractivity contribution in [2.75, 3.05) is 11.9 Å². The number of hydrogen-bond donors (Lipinski definition) is 1. The average Bonchev–Trinajstić information content (AvgIpc) is 3.33. The standard InChI is InChI=1S/C31H28FN3OS2/c1-2-3-18-33-31-34-29-26(30(36)35(31)23-16-14-22(32)15-17-23)24-19-25(20-10-6-4-7-11-20)37-27(28(24)38-29)21-12-8-5-9-13-21/h4-17,25,27H,2-3,18-19H2,1H3,(H,33,34)/t25-,27-/m0/s1. The first-order valence-corrected chi connectivity index (χ1v) is 14.7. The number of thiophene rings is 1. The number of rotatable bonds is 7. The summed E-state index contributed by atoms with van der Waals surface area (Å²) in [6.45, 7) is 2.84. The van der Waals surface area contributed by atoms with Crippen LogP contribution in [0, 0.1) is 5.82 Å². The molecule has 38 heavy (non-hydrogen) atoms. The summed E-state index contributed by atoms with van der Waals surface area (Å²) in [5.74, 6) is 0.169. The van der Waals surface area contributed by atoms with E-state index in [2.05, 4.69) is 60.8 Å². The molecule has 0 amide bonds. The molecule has 1 aliphatic rings. The number of aromatic nitrogens is 2. The van der Waals surface area contributed by atoms with E-state index in [4.69, 9.17) is 4.98 Å². The molecule has 0 fully saturated rings. The van der Waals surface area contributed by atoms with Crippen LogP contribution in [0.4, 0.5) is 10.3 Å². The SMILES string of the molecule is CCCCNc1nc2sc3c(c2c(=O)n1-c1ccc(F)cc1)C[C@@H](c1ccccc1)S[C@H]3c1ccccc1. The molecule has 1 aliphatic heterocycles. The lowest BCUT2D eigenvalue weighted by molar-refractivity contribution is 0.627. The average molecular weight is 542 g/mol. The number of nitrogens with zero attached hydrogens (tertiary/aromatic N) is 2. The Morgan fingerprint density at radius 2 is 1.66 bits per heavy atom. The van der Waals surface area contributed by atoms with Crippen LogP contribution in [0.25, 0.3) is 15.9 Å². The third-order valence-electron chi connectivity index (χ3n) is 6.96. The van der Waals surface area contributed by atoms with Gasteiger partial charge in [0.25, 0.3) is 5.56 Å². The minimum atomic E-state index is -0.335. The van der Waals surface area contributed by atoms with Gasteiger partial charge in [0.1, 0.15) is 10.6 Å². The molecule has 2 aromatic heterocycles. The van der Waals surface area contributed by atoms with Crippen molar-refractivity contribution < 1.29 is 4.39 Å². The molecule has 0 saturated heterocycles. The fraction of sp³-hybridized carbons (Fsp3) is 0.226. The highest BCUT2D eigenvalue weighted by atomic mass is 32.2. The van der Waals surface area contributed by atoms with Crippen LogP contribution in [-0.2, 0) is 6.42 Å². The molecule has 0 aliphatic carbocycles. The largest absolute Gasteiger partial charge is 0.355 e. The Bertz CT molecular complexity index is 1620. The Kier molecular flexibility index (Phi) is 7.04. The van der Waals surface area contributed by atoms with Gasteiger partial charge in [-0.3, -0.25) is 4.79 Å². The van der Waals surface area contributed by atoms with Gasteiger partial charge >= 0.3 is 0 Å². The van der Waals surface area contributed by atoms with Gasteiger partial charge in [0, 0.05) is 16.7 Å². The summed E-state index contributed by atoms with van der Waals surface area (Å²) in [5.41, 5.74) is 4.07. The Labute approximate surface area is 229 Å². The first-order valence-electron chi connectivity index (χ1n) is 13.0. The van der Waals surface area contributed by atoms with Crippen LogP contribution in [0.1, 0.15) is 51.8 Å². The molecule has 6 rings (SSSR count). The summed E-state index contributed by atoms with van der Waals surface area (Å²) in [7, 11) is 0. The van der Waals surface area contributed by atoms with Gasteiger partial charge in [0.2, 0.25) is 5.95 Å². The molecule has 7 heteroatoms. The molecular formula is C31H28FN3OS2. The number of thioether (sulfide) groups is 1. The first kappa shape index (κ1) is 24.9. The van der Waals surface area contributed by atoms with Crippen molar-refractivity contribution in [3.8, 4) is 5.69 Å². The molecular weight excluding hydrogens is 513 g/mol. The van der Waals surface area contributed by atoms with E-state index in [-0.39, 0.29) is 21.9 Å². The van der Waals surface area contributed by atoms with Gasteiger partial charge in [0.15, 0.2) is 0 Å². The molecule has 3 aromatic carbocycles. The second kappa shape index (κ2) is 10.8. The van der Waals surface area contributed by atoms with E-state index in [0.29, 0.717) is 23.6 Å². The molecule has 5 aromatic rings. The van der Waals surface area contributed by atoms with E-state index in [1.54, 1.807) is 28.0 Å². The number of fused-ring (bicyclic) bond motifs is 3. The Balaban J connectivity index is 1.57. The third kappa shape index (κ3) is 4.65. The first-order chi connectivity index (χ1) is 18.6. The number of anilines is 1. The Morgan fingerprint density at radius 1 is 0.974 bits per heavy atom. The number of unbranched alkanes of at least 4 members (excludes halogenated alkanes) is 1. The summed E-state index contributed by atoms with van der Waals surface area (Å²) in [4.78, 5) is 21.2. The highest BCUT2D eigenvalue weighted by Crippen LogP contribution is 2.54. The van der Waals surface area contributed by atoms with Gasteiger partial charge in [-0.15, -0.1) is 23.1 Å². The monoisotopic (exact) mass is 541 g/mol. The molecule has 192 valence electrons. The van der Waals surface area contributed by atoms with E-state index >= 15 is 0 Å². The van der Waals surface area contributed by atoms with Crippen molar-refractivity contribution >= 4 is 39.3 Å². The zero-order chi connectivity index (χ0) is 26.1. The van der Waals surface area contributed by atoms with Crippen molar-refractivity contribution in [1.29, 1.82) is 0 Å². The summed E-state index contributed by atoms with van der Waals surface area (Å²) >= 11 is 3.57. The lowest BCUT2D eigenvalue weighted by Crippen LogP contribution is -2.25. The van der Waals surface area contributed by atoms with Crippen LogP contribution in [0.15, 0.2) is 89.7 Å². The van der Waals surface area contributed by atoms with Crippen LogP contribution < -0.4 is 10.9 Å². The lowest BCUT2D eigenvalue weighted by atomic mass is 9.98. The van der Waals surface area contributed by atoms with Gasteiger partial charge in [-0.1, -0.05) is 74.0 Å². The second-order valence-electron chi connectivity index (χ2n) is 9.49. The van der Waals surface area contributed by atoms with Crippen molar-refractivity contribution in [1.82, 2.24) is 9.55 Å². The number of benzene rings is 3. The van der Waals surface area contributed by atoms with Crippen LogP contribution in [0.5, 0.6) is 0 Å². The molecule has 3 heterocycles. The van der Waals surface area contributed by atoms with Crippen LogP contribution in [-0.4, -0.2) is 16.1 Å². The molecule has 0 radical (unpaired) electrons. The predicted octanol–water partition coefficient (Wildman–Crippen LogP) is 7.92.